The Morgan fingerprint density at radius 1 is 0.260 bits per heavy atom. The quantitative estimate of drug-likeness (QED) is 0.0369. The van der Waals surface area contributed by atoms with Gasteiger partial charge < -0.3 is 76.2 Å². The zero-order valence-electron chi connectivity index (χ0n) is 56.0. The molecule has 0 radical (unpaired) electrons. The molecule has 520 valence electrons. The number of rotatable bonds is 36. The molecule has 3 saturated heterocycles. The fraction of sp³-hybridized carbons (Fsp3) is 0.333. The van der Waals surface area contributed by atoms with E-state index < -0.39 is 92.1 Å². The molecule has 3 aliphatic rings. The van der Waals surface area contributed by atoms with Crippen molar-refractivity contribution in [1.82, 2.24) is 0 Å². The average Bonchev–Trinajstić information content (AvgIpc) is 0.765. The molecule has 0 unspecified atom stereocenters. The van der Waals surface area contributed by atoms with E-state index in [1.165, 1.54) is 0 Å². The van der Waals surface area contributed by atoms with Crippen LogP contribution in [0.15, 0.2) is 273 Å². The SMILES string of the molecule is C#CCO[C@H]1[C@H](OCc2ccccc2)[C@H](OCc2ccccc2)[C@@H](O[C@H]2[C@H](OCc3ccccc3)[C@H](OCc3ccccc3)[C@@H](O[C@H]3[C@H](OCc4ccccc4)[C@H](OCc4ccccc4)[C@@H](O)O[C@@H]3COCc3ccccc3)O[C@@H]2COCc2ccccc2)O[C@@H]1COCc1ccccc1. The highest BCUT2D eigenvalue weighted by Gasteiger charge is 2.57. The largest absolute Gasteiger partial charge is 0.374 e. The van der Waals surface area contributed by atoms with Gasteiger partial charge in [-0.2, -0.15) is 0 Å². The van der Waals surface area contributed by atoms with Crippen LogP contribution in [0.4, 0.5) is 0 Å². The van der Waals surface area contributed by atoms with E-state index in [1.807, 2.05) is 273 Å². The van der Waals surface area contributed by atoms with Gasteiger partial charge in [-0.05, 0) is 50.1 Å². The highest BCUT2D eigenvalue weighted by molar-refractivity contribution is 5.21. The lowest BCUT2D eigenvalue weighted by Crippen LogP contribution is -2.68. The van der Waals surface area contributed by atoms with Crippen molar-refractivity contribution in [2.24, 2.45) is 0 Å². The molecule has 0 amide bonds. The summed E-state index contributed by atoms with van der Waals surface area (Å²) in [4.78, 5) is 0. The molecule has 1 N–H and O–H groups in total. The van der Waals surface area contributed by atoms with E-state index in [1.54, 1.807) is 0 Å². The van der Waals surface area contributed by atoms with E-state index in [4.69, 9.17) is 77.5 Å². The first-order valence-corrected chi connectivity index (χ1v) is 34.3. The number of hydrogen-bond acceptors (Lipinski definition) is 16. The maximum atomic E-state index is 12.3. The van der Waals surface area contributed by atoms with Crippen molar-refractivity contribution in [3.63, 3.8) is 0 Å². The Morgan fingerprint density at radius 3 is 0.780 bits per heavy atom. The minimum absolute atomic E-state index is 0.0377. The van der Waals surface area contributed by atoms with Crippen LogP contribution in [0.25, 0.3) is 0 Å². The van der Waals surface area contributed by atoms with Gasteiger partial charge in [0.05, 0.1) is 79.3 Å². The monoisotopic (exact) mass is 1350 g/mol. The van der Waals surface area contributed by atoms with Crippen LogP contribution >= 0.6 is 0 Å². The summed E-state index contributed by atoms with van der Waals surface area (Å²) in [5, 5.41) is 12.3. The summed E-state index contributed by atoms with van der Waals surface area (Å²) in [6, 6.07) is 88.8. The second kappa shape index (κ2) is 38.6. The summed E-state index contributed by atoms with van der Waals surface area (Å²) < 4.78 is 107. The van der Waals surface area contributed by atoms with Crippen LogP contribution < -0.4 is 0 Å². The van der Waals surface area contributed by atoms with Gasteiger partial charge in [-0.15, -0.1) is 6.42 Å². The third kappa shape index (κ3) is 21.0. The summed E-state index contributed by atoms with van der Waals surface area (Å²) in [6.07, 6.45) is -10.2. The summed E-state index contributed by atoms with van der Waals surface area (Å²) >= 11 is 0. The van der Waals surface area contributed by atoms with E-state index in [0.29, 0.717) is 0 Å². The first-order chi connectivity index (χ1) is 49.5. The fourth-order valence-electron chi connectivity index (χ4n) is 12.6. The van der Waals surface area contributed by atoms with E-state index in [9.17, 15) is 5.11 Å². The molecule has 15 atom stereocenters. The van der Waals surface area contributed by atoms with Gasteiger partial charge in [-0.1, -0.05) is 279 Å². The number of benzene rings is 9. The number of ether oxygens (including phenoxy) is 15. The molecular formula is C84H88O16. The number of aliphatic hydroxyl groups is 1. The van der Waals surface area contributed by atoms with Crippen molar-refractivity contribution in [3.8, 4) is 12.3 Å². The van der Waals surface area contributed by atoms with Gasteiger partial charge in [-0.3, -0.25) is 0 Å². The normalized spacial score (nSPS) is 25.2. The molecule has 3 heterocycles. The second-order valence-electron chi connectivity index (χ2n) is 24.9. The van der Waals surface area contributed by atoms with Gasteiger partial charge in [0.15, 0.2) is 18.9 Å². The first kappa shape index (κ1) is 71.7. The summed E-state index contributed by atoms with van der Waals surface area (Å²) in [7, 11) is 0. The topological polar surface area (TPSA) is 159 Å². The van der Waals surface area contributed by atoms with Crippen molar-refractivity contribution in [2.75, 3.05) is 26.4 Å². The van der Waals surface area contributed by atoms with Gasteiger partial charge in [0.2, 0.25) is 0 Å². The van der Waals surface area contributed by atoms with Crippen molar-refractivity contribution < 1.29 is 76.2 Å². The standard InChI is InChI=1S/C84H88O16/c1-2-48-89-73-70(58-86-49-61-30-12-3-13-31-61)97-83(80(94-56-68-44-26-10-27-45-68)76(73)90-52-64-36-18-6-19-37-64)100-75-72(60-88-51-63-34-16-5-17-35-63)98-84(81(95-57-69-46-28-11-29-47-69)78(75)92-54-66-40-22-8-23-41-66)99-74-71(59-87-50-62-32-14-4-15-33-62)96-82(85)79(93-55-67-42-24-9-25-43-67)77(74)91-53-65-38-20-7-21-39-65/h1,3-47,70-85H,48-60H2/t70-,71-,72-,73-,74-,75-,76+,77+,78+,79+,80+,81+,82+,83-,84-/m1/s1. The molecule has 12 rings (SSSR count). The number of aliphatic hydroxyl groups excluding tert-OH is 1. The third-order valence-electron chi connectivity index (χ3n) is 17.6. The molecule has 3 fully saturated rings. The maximum absolute atomic E-state index is 12.3. The molecule has 0 aliphatic carbocycles. The van der Waals surface area contributed by atoms with Crippen LogP contribution in [-0.4, -0.2) is 124 Å². The fourth-order valence-corrected chi connectivity index (χ4v) is 12.6. The number of hydrogen-bond donors (Lipinski definition) is 1. The second-order valence-corrected chi connectivity index (χ2v) is 24.9. The molecule has 0 saturated carbocycles. The van der Waals surface area contributed by atoms with E-state index in [2.05, 4.69) is 5.92 Å². The van der Waals surface area contributed by atoms with Gasteiger partial charge in [-0.25, -0.2) is 0 Å². The zero-order valence-corrected chi connectivity index (χ0v) is 56.0. The van der Waals surface area contributed by atoms with Gasteiger partial charge in [0.25, 0.3) is 0 Å². The van der Waals surface area contributed by atoms with Gasteiger partial charge >= 0.3 is 0 Å². The van der Waals surface area contributed by atoms with Crippen LogP contribution in [0.2, 0.25) is 0 Å². The zero-order chi connectivity index (χ0) is 68.2. The van der Waals surface area contributed by atoms with E-state index in [0.717, 1.165) is 50.1 Å². The van der Waals surface area contributed by atoms with Crippen LogP contribution in [0.3, 0.4) is 0 Å². The molecule has 3 aliphatic heterocycles. The molecule has 0 bridgehead atoms. The third-order valence-corrected chi connectivity index (χ3v) is 17.6. The Labute approximate surface area is 586 Å². The molecule has 16 nitrogen and oxygen atoms in total. The van der Waals surface area contributed by atoms with Crippen molar-refractivity contribution in [1.29, 1.82) is 0 Å². The molecule has 0 aromatic heterocycles. The summed E-state index contributed by atoms with van der Waals surface area (Å²) in [5.74, 6) is 2.69. The Hall–Kier alpha value is -8.10. The molecule has 0 spiro atoms. The van der Waals surface area contributed by atoms with Crippen LogP contribution in [0.5, 0.6) is 0 Å². The minimum Gasteiger partial charge on any atom is -0.374 e. The summed E-state index contributed by atoms with van der Waals surface area (Å²) in [6.45, 7) is 1.29. The highest BCUT2D eigenvalue weighted by Crippen LogP contribution is 2.39. The van der Waals surface area contributed by atoms with Gasteiger partial charge in [0, 0.05) is 0 Å². The molecule has 9 aromatic rings. The maximum Gasteiger partial charge on any atom is 0.187 e. The van der Waals surface area contributed by atoms with Gasteiger partial charge in [0.1, 0.15) is 79.9 Å². The van der Waals surface area contributed by atoms with Crippen molar-refractivity contribution in [2.45, 2.75) is 152 Å². The number of terminal acetylenes is 1. The van der Waals surface area contributed by atoms with Crippen LogP contribution in [-0.2, 0) is 131 Å². The lowest BCUT2D eigenvalue weighted by molar-refractivity contribution is -0.393. The predicted octanol–water partition coefficient (Wildman–Crippen LogP) is 13.1. The first-order valence-electron chi connectivity index (χ1n) is 34.3. The van der Waals surface area contributed by atoms with Crippen LogP contribution in [0, 0.1) is 12.3 Å². The van der Waals surface area contributed by atoms with Crippen LogP contribution in [0.1, 0.15) is 50.1 Å². The average molecular weight is 1350 g/mol. The molecule has 9 aromatic carbocycles. The van der Waals surface area contributed by atoms with E-state index >= 15 is 0 Å². The lowest BCUT2D eigenvalue weighted by atomic mass is 9.95. The Kier molecular flexibility index (Phi) is 27.7. The predicted molar refractivity (Wildman–Crippen MR) is 375 cm³/mol. The van der Waals surface area contributed by atoms with E-state index in [-0.39, 0.29) is 85.9 Å². The minimum atomic E-state index is -1.50. The van der Waals surface area contributed by atoms with Crippen molar-refractivity contribution >= 4 is 0 Å². The van der Waals surface area contributed by atoms with Crippen molar-refractivity contribution in [3.05, 3.63) is 323 Å². The molecule has 100 heavy (non-hydrogen) atoms. The Morgan fingerprint density at radius 2 is 0.490 bits per heavy atom. The summed E-state index contributed by atoms with van der Waals surface area (Å²) in [5.41, 5.74) is 8.14. The Balaban J connectivity index is 0.974. The molecular weight excluding hydrogens is 1260 g/mol. The highest BCUT2D eigenvalue weighted by atomic mass is 16.8. The smallest absolute Gasteiger partial charge is 0.187 e. The lowest BCUT2D eigenvalue weighted by Gasteiger charge is -2.51. The molecule has 16 heteroatoms. The Bertz CT molecular complexity index is 3740.